The zero-order valence-electron chi connectivity index (χ0n) is 9.82. The van der Waals surface area contributed by atoms with Gasteiger partial charge in [-0.3, -0.25) is 0 Å². The monoisotopic (exact) mass is 299 g/mol. The molecule has 0 amide bonds. The fourth-order valence-corrected chi connectivity index (χ4v) is 2.54. The van der Waals surface area contributed by atoms with Gasteiger partial charge in [-0.05, 0) is 53.4 Å². The first-order valence-corrected chi connectivity index (χ1v) is 6.82. The summed E-state index contributed by atoms with van der Waals surface area (Å²) < 4.78 is 12.4. The summed E-state index contributed by atoms with van der Waals surface area (Å²) in [5.41, 5.74) is 6.75. The molecule has 2 N–H and O–H groups in total. The van der Waals surface area contributed by atoms with Crippen LogP contribution in [0.25, 0.3) is 0 Å². The van der Waals surface area contributed by atoms with E-state index in [0.717, 1.165) is 41.7 Å². The highest BCUT2D eigenvalue weighted by Crippen LogP contribution is 2.30. The fraction of sp³-hybridized carbons (Fsp3) is 0.538. The summed E-state index contributed by atoms with van der Waals surface area (Å²) in [5, 5.41) is 0. The third-order valence-electron chi connectivity index (χ3n) is 2.90. The Morgan fingerprint density at radius 3 is 3.06 bits per heavy atom. The van der Waals surface area contributed by atoms with Gasteiger partial charge in [0.1, 0.15) is 12.4 Å². The van der Waals surface area contributed by atoms with E-state index in [1.54, 1.807) is 0 Å². The smallest absolute Gasteiger partial charge is 0.136 e. The third-order valence-corrected chi connectivity index (χ3v) is 3.52. The number of hydrogen-bond donors (Lipinski definition) is 1. The van der Waals surface area contributed by atoms with Crippen molar-refractivity contribution < 1.29 is 9.47 Å². The quantitative estimate of drug-likeness (QED) is 0.908. The Kier molecular flexibility index (Phi) is 4.83. The van der Waals surface area contributed by atoms with Gasteiger partial charge in [0.25, 0.3) is 0 Å². The minimum atomic E-state index is 0.243. The predicted molar refractivity (Wildman–Crippen MR) is 71.4 cm³/mol. The van der Waals surface area contributed by atoms with Gasteiger partial charge in [0.2, 0.25) is 0 Å². The molecule has 1 aromatic rings. The van der Waals surface area contributed by atoms with Gasteiger partial charge < -0.3 is 15.2 Å². The van der Waals surface area contributed by atoms with E-state index >= 15 is 0 Å². The molecular formula is C13H18BrNO2. The first kappa shape index (κ1) is 12.9. The number of nitrogens with two attached hydrogens (primary N) is 1. The maximum atomic E-state index is 5.88. The molecule has 2 rings (SSSR count). The molecule has 3 nitrogen and oxygen atoms in total. The standard InChI is InChI=1S/C13H18BrNO2/c14-12-5-1-3-10(6-7-15)13(12)17-9-11-4-2-8-16-11/h1,3,5,11H,2,4,6-9,15H2. The summed E-state index contributed by atoms with van der Waals surface area (Å²) in [6.45, 7) is 2.12. The number of hydrogen-bond acceptors (Lipinski definition) is 3. The fourth-order valence-electron chi connectivity index (χ4n) is 2.02. The molecular weight excluding hydrogens is 282 g/mol. The molecule has 0 aliphatic carbocycles. The normalized spacial score (nSPS) is 19.5. The summed E-state index contributed by atoms with van der Waals surface area (Å²) in [6.07, 6.45) is 3.31. The molecule has 1 heterocycles. The van der Waals surface area contributed by atoms with Crippen LogP contribution < -0.4 is 10.5 Å². The lowest BCUT2D eigenvalue weighted by atomic mass is 10.1. The zero-order valence-corrected chi connectivity index (χ0v) is 11.4. The highest BCUT2D eigenvalue weighted by Gasteiger charge is 2.17. The van der Waals surface area contributed by atoms with Gasteiger partial charge in [-0.25, -0.2) is 0 Å². The molecule has 94 valence electrons. The van der Waals surface area contributed by atoms with Crippen LogP contribution in [0.4, 0.5) is 0 Å². The van der Waals surface area contributed by atoms with Crippen LogP contribution in [0.2, 0.25) is 0 Å². The lowest BCUT2D eigenvalue weighted by Gasteiger charge is -2.15. The second-order valence-corrected chi connectivity index (χ2v) is 5.07. The van der Waals surface area contributed by atoms with Gasteiger partial charge in [0, 0.05) is 6.61 Å². The van der Waals surface area contributed by atoms with Crippen LogP contribution in [-0.4, -0.2) is 25.9 Å². The molecule has 0 radical (unpaired) electrons. The van der Waals surface area contributed by atoms with E-state index in [1.807, 2.05) is 12.1 Å². The predicted octanol–water partition coefficient (Wildman–Crippen LogP) is 2.51. The number of para-hydroxylation sites is 1. The molecule has 17 heavy (non-hydrogen) atoms. The topological polar surface area (TPSA) is 44.5 Å². The van der Waals surface area contributed by atoms with Crippen molar-refractivity contribution in [2.24, 2.45) is 5.73 Å². The van der Waals surface area contributed by atoms with E-state index in [4.69, 9.17) is 15.2 Å². The van der Waals surface area contributed by atoms with E-state index in [1.165, 1.54) is 0 Å². The van der Waals surface area contributed by atoms with E-state index in [-0.39, 0.29) is 6.10 Å². The van der Waals surface area contributed by atoms with Gasteiger partial charge in [0.05, 0.1) is 10.6 Å². The van der Waals surface area contributed by atoms with Crippen molar-refractivity contribution in [2.45, 2.75) is 25.4 Å². The molecule has 1 atom stereocenters. The molecule has 0 bridgehead atoms. The Bertz CT molecular complexity index is 364. The zero-order chi connectivity index (χ0) is 12.1. The Labute approximate surface area is 110 Å². The lowest BCUT2D eigenvalue weighted by Crippen LogP contribution is -2.17. The van der Waals surface area contributed by atoms with E-state index in [2.05, 4.69) is 22.0 Å². The van der Waals surface area contributed by atoms with E-state index in [9.17, 15) is 0 Å². The maximum Gasteiger partial charge on any atom is 0.136 e. The molecule has 0 spiro atoms. The molecule has 1 aliphatic heterocycles. The molecule has 1 unspecified atom stereocenters. The Balaban J connectivity index is 2.02. The van der Waals surface area contributed by atoms with Crippen molar-refractivity contribution in [1.29, 1.82) is 0 Å². The minimum absolute atomic E-state index is 0.243. The summed E-state index contributed by atoms with van der Waals surface area (Å²) in [6, 6.07) is 6.06. The van der Waals surface area contributed by atoms with Crippen molar-refractivity contribution in [2.75, 3.05) is 19.8 Å². The van der Waals surface area contributed by atoms with Crippen molar-refractivity contribution in [3.05, 3.63) is 28.2 Å². The van der Waals surface area contributed by atoms with Gasteiger partial charge in [-0.2, -0.15) is 0 Å². The van der Waals surface area contributed by atoms with Crippen molar-refractivity contribution in [3.8, 4) is 5.75 Å². The Morgan fingerprint density at radius 1 is 1.47 bits per heavy atom. The third kappa shape index (κ3) is 3.44. The SMILES string of the molecule is NCCc1cccc(Br)c1OCC1CCCO1. The summed E-state index contributed by atoms with van der Waals surface area (Å²) in [4.78, 5) is 0. The first-order chi connectivity index (χ1) is 8.31. The maximum absolute atomic E-state index is 5.88. The van der Waals surface area contributed by atoms with Crippen molar-refractivity contribution in [1.82, 2.24) is 0 Å². The highest BCUT2D eigenvalue weighted by molar-refractivity contribution is 9.10. The average molecular weight is 300 g/mol. The summed E-state index contributed by atoms with van der Waals surface area (Å²) >= 11 is 3.52. The van der Waals surface area contributed by atoms with Gasteiger partial charge >= 0.3 is 0 Å². The van der Waals surface area contributed by atoms with Crippen LogP contribution in [0.15, 0.2) is 22.7 Å². The number of benzene rings is 1. The summed E-state index contributed by atoms with van der Waals surface area (Å²) in [5.74, 6) is 0.911. The van der Waals surface area contributed by atoms with Crippen LogP contribution in [0.5, 0.6) is 5.75 Å². The molecule has 0 aromatic heterocycles. The number of ether oxygens (including phenoxy) is 2. The second kappa shape index (κ2) is 6.38. The van der Waals surface area contributed by atoms with Gasteiger partial charge in [-0.1, -0.05) is 12.1 Å². The van der Waals surface area contributed by atoms with Crippen molar-refractivity contribution in [3.63, 3.8) is 0 Å². The van der Waals surface area contributed by atoms with Crippen LogP contribution in [-0.2, 0) is 11.2 Å². The number of halogens is 1. The molecule has 1 aliphatic rings. The minimum Gasteiger partial charge on any atom is -0.489 e. The first-order valence-electron chi connectivity index (χ1n) is 6.03. The highest BCUT2D eigenvalue weighted by atomic mass is 79.9. The molecule has 1 aromatic carbocycles. The van der Waals surface area contributed by atoms with Crippen LogP contribution in [0, 0.1) is 0 Å². The average Bonchev–Trinajstić information content (AvgIpc) is 2.82. The van der Waals surface area contributed by atoms with Crippen molar-refractivity contribution >= 4 is 15.9 Å². The molecule has 0 saturated carbocycles. The van der Waals surface area contributed by atoms with Crippen LogP contribution in [0.1, 0.15) is 18.4 Å². The van der Waals surface area contributed by atoms with Crippen LogP contribution >= 0.6 is 15.9 Å². The van der Waals surface area contributed by atoms with Gasteiger partial charge in [-0.15, -0.1) is 0 Å². The molecule has 4 heteroatoms. The second-order valence-electron chi connectivity index (χ2n) is 4.21. The Morgan fingerprint density at radius 2 is 2.35 bits per heavy atom. The summed E-state index contributed by atoms with van der Waals surface area (Å²) in [7, 11) is 0. The van der Waals surface area contributed by atoms with Gasteiger partial charge in [0.15, 0.2) is 0 Å². The number of rotatable bonds is 5. The lowest BCUT2D eigenvalue weighted by molar-refractivity contribution is 0.0674. The van der Waals surface area contributed by atoms with E-state index < -0.39 is 0 Å². The largest absolute Gasteiger partial charge is 0.489 e. The Hall–Kier alpha value is -0.580. The van der Waals surface area contributed by atoms with E-state index in [0.29, 0.717) is 13.2 Å². The molecule has 1 saturated heterocycles. The molecule has 1 fully saturated rings. The van der Waals surface area contributed by atoms with Crippen LogP contribution in [0.3, 0.4) is 0 Å².